The Labute approximate surface area is 238 Å². The molecule has 6 rings (SSSR count). The van der Waals surface area contributed by atoms with Crippen LogP contribution in [0.4, 0.5) is 5.69 Å². The summed E-state index contributed by atoms with van der Waals surface area (Å²) >= 11 is 0. The lowest BCUT2D eigenvalue weighted by molar-refractivity contribution is -0.122. The zero-order valence-corrected chi connectivity index (χ0v) is 23.7. The minimum Gasteiger partial charge on any atom is -0.369 e. The van der Waals surface area contributed by atoms with Crippen LogP contribution in [0.15, 0.2) is 69.8 Å². The molecule has 1 fully saturated rings. The normalized spacial score (nSPS) is 15.0. The third-order valence-electron chi connectivity index (χ3n) is 7.38. The maximum Gasteiger partial charge on any atom is 0.281 e. The average Bonchev–Trinajstić information content (AvgIpc) is 3.63. The average molecular weight is 574 g/mol. The fourth-order valence-corrected chi connectivity index (χ4v) is 6.37. The highest BCUT2D eigenvalue weighted by molar-refractivity contribution is 7.85. The highest BCUT2D eigenvalue weighted by atomic mass is 32.2. The Balaban J connectivity index is 1.16. The number of nitrogens with zero attached hydrogens (tertiary/aromatic N) is 7. The first kappa shape index (κ1) is 26.8. The number of benzene rings is 2. The number of hydrogen-bond acceptors (Lipinski definition) is 8. The molecule has 212 valence electrons. The van der Waals surface area contributed by atoms with Gasteiger partial charge in [-0.05, 0) is 43.7 Å². The number of aromatic nitrogens is 6. The van der Waals surface area contributed by atoms with Crippen molar-refractivity contribution < 1.29 is 9.00 Å². The van der Waals surface area contributed by atoms with Gasteiger partial charge in [-0.3, -0.25) is 14.5 Å². The number of nitrogens with one attached hydrogen (secondary N) is 2. The third-order valence-corrected chi connectivity index (χ3v) is 8.86. The number of fused-ring (bicyclic) bond motifs is 3. The van der Waals surface area contributed by atoms with E-state index in [9.17, 15) is 13.8 Å². The van der Waals surface area contributed by atoms with E-state index >= 15 is 0 Å². The number of H-pyrrole nitrogens is 1. The molecule has 0 spiro atoms. The molecule has 0 saturated carbocycles. The molecule has 0 radical (unpaired) electrons. The Bertz CT molecular complexity index is 1800. The summed E-state index contributed by atoms with van der Waals surface area (Å²) < 4.78 is 17.0. The predicted molar refractivity (Wildman–Crippen MR) is 156 cm³/mol. The molecule has 2 N–H and O–H groups in total. The van der Waals surface area contributed by atoms with Crippen LogP contribution in [0.3, 0.4) is 0 Å². The van der Waals surface area contributed by atoms with Crippen LogP contribution in [0.25, 0.3) is 16.6 Å². The number of piperazine rings is 1. The number of rotatable bonds is 8. The van der Waals surface area contributed by atoms with Gasteiger partial charge in [0.25, 0.3) is 5.56 Å². The van der Waals surface area contributed by atoms with Crippen molar-refractivity contribution in [2.45, 2.75) is 30.3 Å². The van der Waals surface area contributed by atoms with Gasteiger partial charge in [0.15, 0.2) is 10.7 Å². The minimum absolute atomic E-state index is 0.00630. The van der Waals surface area contributed by atoms with Crippen LogP contribution in [-0.2, 0) is 22.1 Å². The summed E-state index contributed by atoms with van der Waals surface area (Å²) in [5.74, 6) is 0.00630. The summed E-state index contributed by atoms with van der Waals surface area (Å²) in [5.41, 5.74) is 3.40. The zero-order chi connectivity index (χ0) is 28.5. The number of anilines is 1. The van der Waals surface area contributed by atoms with E-state index in [4.69, 9.17) is 0 Å². The Morgan fingerprint density at radius 1 is 1.10 bits per heavy atom. The van der Waals surface area contributed by atoms with E-state index in [-0.39, 0.29) is 16.6 Å². The second-order valence-electron chi connectivity index (χ2n) is 10.2. The smallest absolute Gasteiger partial charge is 0.281 e. The lowest BCUT2D eigenvalue weighted by Crippen LogP contribution is -2.49. The third kappa shape index (κ3) is 5.50. The molecule has 1 unspecified atom stereocenters. The lowest BCUT2D eigenvalue weighted by Gasteiger charge is -2.35. The van der Waals surface area contributed by atoms with Crippen LogP contribution < -0.4 is 15.8 Å². The Morgan fingerprint density at radius 2 is 1.93 bits per heavy atom. The van der Waals surface area contributed by atoms with Gasteiger partial charge in [0.2, 0.25) is 5.91 Å². The Hall–Kier alpha value is -4.36. The molecular weight excluding hydrogens is 542 g/mol. The summed E-state index contributed by atoms with van der Waals surface area (Å²) in [4.78, 5) is 38.6. The molecule has 0 aliphatic carbocycles. The SMILES string of the molecule is Cc1ccc(S(=O)c2n[nH]n3c2nc(=O)c2ccc(N4CCN(CC(=O)NCCn5ccnc5)CC4)cc23)c(C)c1. The van der Waals surface area contributed by atoms with Crippen molar-refractivity contribution >= 4 is 38.9 Å². The van der Waals surface area contributed by atoms with Crippen molar-refractivity contribution in [1.82, 2.24) is 39.6 Å². The number of aryl methyl sites for hydroxylation is 2. The standard InChI is InChI=1S/C28H31N9O3S/c1-19-3-6-24(20(2)15-19)41(40)28-26-31-27(39)22-5-4-21(16-23(22)37(26)33-32-28)36-13-11-34(12-14-36)17-25(38)30-8-10-35-9-7-29-18-35/h3-7,9,15-16,18,33H,8,10-14,17H2,1-2H3,(H,30,38). The van der Waals surface area contributed by atoms with Crippen molar-refractivity contribution in [1.29, 1.82) is 0 Å². The zero-order valence-electron chi connectivity index (χ0n) is 22.9. The van der Waals surface area contributed by atoms with Gasteiger partial charge in [0, 0.05) is 62.2 Å². The van der Waals surface area contributed by atoms with Crippen molar-refractivity contribution in [2.75, 3.05) is 44.2 Å². The van der Waals surface area contributed by atoms with Crippen LogP contribution in [0.2, 0.25) is 0 Å². The van der Waals surface area contributed by atoms with Crippen LogP contribution in [0, 0.1) is 13.8 Å². The molecule has 1 atom stereocenters. The van der Waals surface area contributed by atoms with Crippen molar-refractivity contribution in [3.8, 4) is 0 Å². The molecule has 1 aliphatic rings. The van der Waals surface area contributed by atoms with E-state index in [0.29, 0.717) is 35.4 Å². The van der Waals surface area contributed by atoms with Gasteiger partial charge in [-0.25, -0.2) is 18.9 Å². The van der Waals surface area contributed by atoms with Gasteiger partial charge in [0.1, 0.15) is 10.8 Å². The fraction of sp³-hybridized carbons (Fsp3) is 0.321. The van der Waals surface area contributed by atoms with Crippen molar-refractivity contribution in [3.63, 3.8) is 0 Å². The number of carbonyl (C=O) groups is 1. The van der Waals surface area contributed by atoms with Gasteiger partial charge in [-0.1, -0.05) is 17.7 Å². The molecule has 1 aliphatic heterocycles. The Morgan fingerprint density at radius 3 is 2.68 bits per heavy atom. The topological polar surface area (TPSA) is 134 Å². The molecule has 1 amide bonds. The van der Waals surface area contributed by atoms with Gasteiger partial charge >= 0.3 is 0 Å². The maximum atomic E-state index is 13.5. The van der Waals surface area contributed by atoms with Crippen LogP contribution >= 0.6 is 0 Å². The second kappa shape index (κ2) is 11.3. The molecule has 2 aromatic carbocycles. The van der Waals surface area contributed by atoms with Crippen molar-refractivity contribution in [2.24, 2.45) is 0 Å². The van der Waals surface area contributed by atoms with Gasteiger partial charge in [0.05, 0.1) is 23.8 Å². The number of hydrogen-bond donors (Lipinski definition) is 2. The predicted octanol–water partition coefficient (Wildman–Crippen LogP) is 1.49. The highest BCUT2D eigenvalue weighted by Gasteiger charge is 2.22. The molecule has 1 saturated heterocycles. The molecule has 3 aromatic heterocycles. The van der Waals surface area contributed by atoms with Crippen LogP contribution in [0.5, 0.6) is 0 Å². The summed E-state index contributed by atoms with van der Waals surface area (Å²) in [6.45, 7) is 8.44. The van der Waals surface area contributed by atoms with Gasteiger partial charge < -0.3 is 14.8 Å². The maximum absolute atomic E-state index is 13.5. The lowest BCUT2D eigenvalue weighted by atomic mass is 10.2. The number of imidazole rings is 1. The van der Waals surface area contributed by atoms with Gasteiger partial charge in [-0.2, -0.15) is 4.98 Å². The molecule has 41 heavy (non-hydrogen) atoms. The fourth-order valence-electron chi connectivity index (χ4n) is 5.20. The Kier molecular flexibility index (Phi) is 7.37. The molecule has 5 aromatic rings. The molecule has 12 nitrogen and oxygen atoms in total. The van der Waals surface area contributed by atoms with E-state index in [1.807, 2.05) is 54.9 Å². The summed E-state index contributed by atoms with van der Waals surface area (Å²) in [5, 5.41) is 10.9. The molecular formula is C28H31N9O3S. The number of aromatic amines is 1. The molecule has 4 heterocycles. The quantitative estimate of drug-likeness (QED) is 0.285. The summed E-state index contributed by atoms with van der Waals surface area (Å²) in [6, 6.07) is 11.3. The summed E-state index contributed by atoms with van der Waals surface area (Å²) in [7, 11) is -1.61. The van der Waals surface area contributed by atoms with E-state index in [0.717, 1.165) is 43.0 Å². The first-order chi connectivity index (χ1) is 19.9. The van der Waals surface area contributed by atoms with Gasteiger partial charge in [-0.15, -0.1) is 5.10 Å². The van der Waals surface area contributed by atoms with E-state index in [1.54, 1.807) is 23.1 Å². The summed E-state index contributed by atoms with van der Waals surface area (Å²) in [6.07, 6.45) is 5.32. The van der Waals surface area contributed by atoms with E-state index < -0.39 is 16.4 Å². The monoisotopic (exact) mass is 573 g/mol. The number of amides is 1. The van der Waals surface area contributed by atoms with Crippen LogP contribution in [0.1, 0.15) is 11.1 Å². The van der Waals surface area contributed by atoms with E-state index in [1.165, 1.54) is 0 Å². The minimum atomic E-state index is -1.61. The second-order valence-corrected chi connectivity index (χ2v) is 11.6. The van der Waals surface area contributed by atoms with Crippen molar-refractivity contribution in [3.05, 3.63) is 76.6 Å². The largest absolute Gasteiger partial charge is 0.369 e. The first-order valence-electron chi connectivity index (χ1n) is 13.5. The first-order valence-corrected chi connectivity index (χ1v) is 14.6. The van der Waals surface area contributed by atoms with Crippen LogP contribution in [-0.4, -0.2) is 83.6 Å². The number of carbonyl (C=O) groups excluding carboxylic acids is 1. The van der Waals surface area contributed by atoms with E-state index in [2.05, 4.69) is 35.4 Å². The highest BCUT2D eigenvalue weighted by Crippen LogP contribution is 2.25. The molecule has 13 heteroatoms. The molecule has 0 bridgehead atoms.